The van der Waals surface area contributed by atoms with Crippen molar-refractivity contribution in [3.8, 4) is 0 Å². The lowest BCUT2D eigenvalue weighted by atomic mass is 9.96. The fraction of sp³-hybridized carbons (Fsp3) is 0.758. The molecule has 20 nitrogen and oxygen atoms in total. The van der Waals surface area contributed by atoms with Gasteiger partial charge < -0.3 is 56.8 Å². The van der Waals surface area contributed by atoms with Crippen molar-refractivity contribution < 1.29 is 95.2 Å². The summed E-state index contributed by atoms with van der Waals surface area (Å²) in [6.45, 7) is 6.36. The summed E-state index contributed by atoms with van der Waals surface area (Å²) in [5, 5.41) is 0. The number of methoxy groups -OCH3 is 1. The summed E-state index contributed by atoms with van der Waals surface area (Å²) in [6.07, 6.45) is -13.9. The topological polar surface area (TPSA) is 247 Å². The molecule has 2 saturated heterocycles. The van der Waals surface area contributed by atoms with Crippen LogP contribution < -0.4 is 0 Å². The molecule has 0 spiro atoms. The summed E-state index contributed by atoms with van der Waals surface area (Å²) in [6, 6.07) is 0. The third-order valence-electron chi connectivity index (χ3n) is 7.42. The zero-order valence-corrected chi connectivity index (χ0v) is 30.9. The van der Waals surface area contributed by atoms with Gasteiger partial charge in [0.1, 0.15) is 31.5 Å². The fourth-order valence-corrected chi connectivity index (χ4v) is 5.46. The molecule has 53 heavy (non-hydrogen) atoms. The van der Waals surface area contributed by atoms with Gasteiger partial charge in [0.15, 0.2) is 43.1 Å². The Balaban J connectivity index is 2.61. The normalized spacial score (nSPS) is 28.0. The molecular weight excluding hydrogens is 716 g/mol. The van der Waals surface area contributed by atoms with Crippen molar-refractivity contribution in [1.82, 2.24) is 0 Å². The highest BCUT2D eigenvalue weighted by Crippen LogP contribution is 2.35. The highest BCUT2D eigenvalue weighted by molar-refractivity contribution is 5.70. The van der Waals surface area contributed by atoms with Crippen molar-refractivity contribution in [2.45, 2.75) is 136 Å². The highest BCUT2D eigenvalue weighted by Gasteiger charge is 2.57. The first-order chi connectivity index (χ1) is 24.9. The van der Waals surface area contributed by atoms with Gasteiger partial charge in [0.2, 0.25) is 0 Å². The molecule has 0 aliphatic carbocycles. The second kappa shape index (κ2) is 22.0. The molecule has 20 heteroatoms. The van der Waals surface area contributed by atoms with Crippen LogP contribution in [0.15, 0.2) is 0 Å². The Morgan fingerprint density at radius 3 is 1.36 bits per heavy atom. The molecule has 0 unspecified atom stereocenters. The van der Waals surface area contributed by atoms with Crippen LogP contribution in [-0.4, -0.2) is 136 Å². The molecule has 0 bridgehead atoms. The summed E-state index contributed by atoms with van der Waals surface area (Å²) in [5.41, 5.74) is 0. The first kappa shape index (κ1) is 44.8. The minimum absolute atomic E-state index is 0.0158. The molecule has 0 amide bonds. The Morgan fingerprint density at radius 2 is 0.887 bits per heavy atom. The molecule has 10 atom stereocenters. The Hall–Kier alpha value is -4.40. The summed E-state index contributed by atoms with van der Waals surface area (Å²) < 4.78 is 66.8. The smallest absolute Gasteiger partial charge is 0.305 e. The summed E-state index contributed by atoms with van der Waals surface area (Å²) in [7, 11) is 1.28. The maximum atomic E-state index is 12.5. The highest BCUT2D eigenvalue weighted by atomic mass is 16.8. The third-order valence-corrected chi connectivity index (χ3v) is 7.42. The van der Waals surface area contributed by atoms with E-state index in [2.05, 4.69) is 4.74 Å². The van der Waals surface area contributed by atoms with Crippen LogP contribution in [0.3, 0.4) is 0 Å². The van der Waals surface area contributed by atoms with E-state index in [1.807, 2.05) is 0 Å². The zero-order chi connectivity index (χ0) is 39.8. The number of rotatable bonds is 18. The molecule has 0 aromatic carbocycles. The van der Waals surface area contributed by atoms with Gasteiger partial charge in [-0.05, 0) is 12.8 Å². The minimum Gasteiger partial charge on any atom is -0.469 e. The molecule has 0 aromatic heterocycles. The Morgan fingerprint density at radius 1 is 0.472 bits per heavy atom. The van der Waals surface area contributed by atoms with Crippen LogP contribution in [0, 0.1) is 0 Å². The van der Waals surface area contributed by atoms with Gasteiger partial charge in [-0.1, -0.05) is 6.42 Å². The van der Waals surface area contributed by atoms with Crippen molar-refractivity contribution in [2.24, 2.45) is 0 Å². The second-order valence-electron chi connectivity index (χ2n) is 11.9. The van der Waals surface area contributed by atoms with Crippen LogP contribution >= 0.6 is 0 Å². The lowest BCUT2D eigenvalue weighted by molar-refractivity contribution is -0.361. The van der Waals surface area contributed by atoms with Crippen LogP contribution in [-0.2, 0) is 95.2 Å². The number of hydrogen-bond acceptors (Lipinski definition) is 20. The van der Waals surface area contributed by atoms with Crippen LogP contribution in [0.25, 0.3) is 0 Å². The standard InChI is InChI=1S/C33H48O20/c1-16(34)44-14-23-26(46-18(3)36)28(47-19(4)37)31(50-22(7)40)33(52-23)53-27-24(15-45-17(2)35)51-32(43-13-11-9-10-12-25(41)42-8)30(49-21(6)39)29(27)48-20(5)38/h23-24,26-33H,9-15H2,1-8H3/t23-,24-,26+,27-,28+,29+,30-,31-,32-,33+/m1/s1. The molecule has 0 aromatic rings. The number of ether oxygens (including phenoxy) is 12. The molecular formula is C33H48O20. The predicted molar refractivity (Wildman–Crippen MR) is 170 cm³/mol. The van der Waals surface area contributed by atoms with Crippen LogP contribution in [0.2, 0.25) is 0 Å². The number of carbonyl (C=O) groups excluding carboxylic acids is 8. The van der Waals surface area contributed by atoms with Crippen molar-refractivity contribution in [1.29, 1.82) is 0 Å². The van der Waals surface area contributed by atoms with E-state index in [-0.39, 0.29) is 19.0 Å². The molecule has 0 N–H and O–H groups in total. The van der Waals surface area contributed by atoms with Gasteiger partial charge in [0, 0.05) is 61.5 Å². The lowest BCUT2D eigenvalue weighted by Crippen LogP contribution is -2.67. The number of esters is 8. The van der Waals surface area contributed by atoms with Gasteiger partial charge in [-0.25, -0.2) is 0 Å². The Bertz CT molecular complexity index is 1300. The van der Waals surface area contributed by atoms with Crippen molar-refractivity contribution in [2.75, 3.05) is 26.9 Å². The maximum Gasteiger partial charge on any atom is 0.305 e. The van der Waals surface area contributed by atoms with E-state index in [4.69, 9.17) is 52.1 Å². The molecule has 2 fully saturated rings. The summed E-state index contributed by atoms with van der Waals surface area (Å²) >= 11 is 0. The maximum absolute atomic E-state index is 12.5. The van der Waals surface area contributed by atoms with Gasteiger partial charge in [0.25, 0.3) is 0 Å². The fourth-order valence-electron chi connectivity index (χ4n) is 5.46. The minimum atomic E-state index is -1.80. The average Bonchev–Trinajstić information content (AvgIpc) is 3.04. The first-order valence-electron chi connectivity index (χ1n) is 16.7. The van der Waals surface area contributed by atoms with Crippen molar-refractivity contribution in [3.63, 3.8) is 0 Å². The molecule has 2 heterocycles. The van der Waals surface area contributed by atoms with E-state index in [9.17, 15) is 38.4 Å². The van der Waals surface area contributed by atoms with Crippen LogP contribution in [0.4, 0.5) is 0 Å². The molecule has 0 radical (unpaired) electrons. The van der Waals surface area contributed by atoms with Gasteiger partial charge in [-0.15, -0.1) is 0 Å². The largest absolute Gasteiger partial charge is 0.469 e. The molecule has 2 aliphatic heterocycles. The van der Waals surface area contributed by atoms with E-state index < -0.39 is 116 Å². The van der Waals surface area contributed by atoms with Gasteiger partial charge in [-0.3, -0.25) is 38.4 Å². The van der Waals surface area contributed by atoms with E-state index in [0.717, 1.165) is 48.5 Å². The summed E-state index contributed by atoms with van der Waals surface area (Å²) in [4.78, 5) is 96.9. The van der Waals surface area contributed by atoms with Crippen LogP contribution in [0.5, 0.6) is 0 Å². The second-order valence-corrected chi connectivity index (χ2v) is 11.9. The number of carbonyl (C=O) groups is 8. The monoisotopic (exact) mass is 764 g/mol. The van der Waals surface area contributed by atoms with E-state index in [1.165, 1.54) is 7.11 Å². The van der Waals surface area contributed by atoms with Gasteiger partial charge >= 0.3 is 47.8 Å². The van der Waals surface area contributed by atoms with Gasteiger partial charge in [-0.2, -0.15) is 0 Å². The molecule has 2 aliphatic rings. The van der Waals surface area contributed by atoms with Crippen molar-refractivity contribution in [3.05, 3.63) is 0 Å². The molecule has 300 valence electrons. The molecule has 0 saturated carbocycles. The summed E-state index contributed by atoms with van der Waals surface area (Å²) in [5.74, 6) is -6.28. The number of hydrogen-bond donors (Lipinski definition) is 0. The quantitative estimate of drug-likeness (QED) is 0.104. The Kier molecular flexibility index (Phi) is 18.5. The average molecular weight is 765 g/mol. The predicted octanol–water partition coefficient (Wildman–Crippen LogP) is 0.356. The van der Waals surface area contributed by atoms with E-state index in [0.29, 0.717) is 19.3 Å². The van der Waals surface area contributed by atoms with Crippen LogP contribution in [0.1, 0.15) is 74.1 Å². The van der Waals surface area contributed by atoms with E-state index in [1.54, 1.807) is 0 Å². The number of unbranched alkanes of at least 4 members (excludes halogenated alkanes) is 2. The Labute approximate surface area is 305 Å². The SMILES string of the molecule is COC(=O)CCCCCO[C@@H]1O[C@H](COC(C)=O)[C@@H](O[C@@H]2O[C@H](COC(C)=O)[C@H](OC(C)=O)[C@H](OC(C)=O)[C@H]2OC(C)=O)[C@H](OC(C)=O)[C@H]1OC(C)=O. The van der Waals surface area contributed by atoms with Gasteiger partial charge in [0.05, 0.1) is 7.11 Å². The first-order valence-corrected chi connectivity index (χ1v) is 16.7. The van der Waals surface area contributed by atoms with E-state index >= 15 is 0 Å². The lowest BCUT2D eigenvalue weighted by Gasteiger charge is -2.48. The van der Waals surface area contributed by atoms with Crippen molar-refractivity contribution >= 4 is 47.8 Å². The zero-order valence-electron chi connectivity index (χ0n) is 30.9. The third kappa shape index (κ3) is 15.2. The molecule has 2 rings (SSSR count).